The first-order valence-corrected chi connectivity index (χ1v) is 6.48. The summed E-state index contributed by atoms with van der Waals surface area (Å²) >= 11 is 0. The molecule has 3 rings (SSSR count). The predicted molar refractivity (Wildman–Crippen MR) is 79.9 cm³/mol. The van der Waals surface area contributed by atoms with E-state index < -0.39 is 5.82 Å². The van der Waals surface area contributed by atoms with Crippen molar-refractivity contribution in [3.8, 4) is 28.8 Å². The van der Waals surface area contributed by atoms with Crippen molar-refractivity contribution in [2.45, 2.75) is 0 Å². The number of aromatic nitrogens is 3. The van der Waals surface area contributed by atoms with Crippen molar-refractivity contribution in [1.82, 2.24) is 15.0 Å². The van der Waals surface area contributed by atoms with E-state index in [1.54, 1.807) is 48.8 Å². The molecule has 0 atom stereocenters. The van der Waals surface area contributed by atoms with E-state index in [0.717, 1.165) is 0 Å². The Morgan fingerprint density at radius 3 is 2.45 bits per heavy atom. The Morgan fingerprint density at radius 1 is 0.955 bits per heavy atom. The van der Waals surface area contributed by atoms with Crippen LogP contribution in [0.2, 0.25) is 0 Å². The maximum Gasteiger partial charge on any atom is 0.237 e. The third-order valence-corrected chi connectivity index (χ3v) is 2.97. The Labute approximate surface area is 126 Å². The molecule has 1 aromatic carbocycles. The lowest BCUT2D eigenvalue weighted by Gasteiger charge is -2.07. The van der Waals surface area contributed by atoms with Crippen molar-refractivity contribution < 1.29 is 4.39 Å². The maximum atomic E-state index is 14.0. The quantitative estimate of drug-likeness (QED) is 0.592. The number of pyridine rings is 1. The molecule has 3 aromatic rings. The third kappa shape index (κ3) is 2.74. The van der Waals surface area contributed by atoms with E-state index in [2.05, 4.69) is 20.3 Å². The molecule has 0 aliphatic heterocycles. The van der Waals surface area contributed by atoms with E-state index in [1.165, 1.54) is 6.07 Å². The number of hydrogen-bond acceptors (Lipinski definition) is 5. The van der Waals surface area contributed by atoms with E-state index >= 15 is 0 Å². The van der Waals surface area contributed by atoms with Crippen molar-refractivity contribution in [2.75, 3.05) is 5.32 Å². The normalized spacial score (nSPS) is 10.0. The standard InChI is InChI=1S/C16H10FN5/c17-12-6-2-1-5-11(12)14-9-15(13-7-3-4-8-19-13)22-16(21-14)20-10-18/h1-9H,(H,20,21,22). The zero-order valence-electron chi connectivity index (χ0n) is 11.4. The Bertz CT molecular complexity index is 843. The highest BCUT2D eigenvalue weighted by atomic mass is 19.1. The van der Waals surface area contributed by atoms with Crippen LogP contribution < -0.4 is 5.32 Å². The summed E-state index contributed by atoms with van der Waals surface area (Å²) in [5.41, 5.74) is 1.84. The summed E-state index contributed by atoms with van der Waals surface area (Å²) in [5.74, 6) is -0.292. The average Bonchev–Trinajstić information content (AvgIpc) is 2.56. The molecular formula is C16H10FN5. The largest absolute Gasteiger partial charge is 0.261 e. The minimum Gasteiger partial charge on any atom is -0.261 e. The van der Waals surface area contributed by atoms with Crippen LogP contribution in [0.1, 0.15) is 0 Å². The molecule has 6 heteroatoms. The molecule has 0 saturated carbocycles. The summed E-state index contributed by atoms with van der Waals surface area (Å²) in [6.07, 6.45) is 3.40. The monoisotopic (exact) mass is 291 g/mol. The van der Waals surface area contributed by atoms with Gasteiger partial charge in [-0.1, -0.05) is 18.2 Å². The van der Waals surface area contributed by atoms with Gasteiger partial charge in [0.25, 0.3) is 0 Å². The SMILES string of the molecule is N#CNc1nc(-c2ccccn2)cc(-c2ccccc2F)n1. The van der Waals surface area contributed by atoms with Crippen molar-refractivity contribution >= 4 is 5.95 Å². The van der Waals surface area contributed by atoms with Gasteiger partial charge in [0.15, 0.2) is 6.19 Å². The van der Waals surface area contributed by atoms with Gasteiger partial charge in [-0.3, -0.25) is 10.3 Å². The Kier molecular flexibility index (Phi) is 3.70. The van der Waals surface area contributed by atoms with Crippen LogP contribution in [0, 0.1) is 17.3 Å². The molecule has 0 amide bonds. The van der Waals surface area contributed by atoms with Crippen LogP contribution in [0.5, 0.6) is 0 Å². The van der Waals surface area contributed by atoms with Gasteiger partial charge >= 0.3 is 0 Å². The fourth-order valence-electron chi connectivity index (χ4n) is 2.01. The lowest BCUT2D eigenvalue weighted by molar-refractivity contribution is 0.630. The topological polar surface area (TPSA) is 74.5 Å². The van der Waals surface area contributed by atoms with E-state index in [1.807, 2.05) is 6.07 Å². The smallest absolute Gasteiger partial charge is 0.237 e. The number of nitriles is 1. The predicted octanol–water partition coefficient (Wildman–Crippen LogP) is 3.24. The average molecular weight is 291 g/mol. The fourth-order valence-corrected chi connectivity index (χ4v) is 2.01. The van der Waals surface area contributed by atoms with Crippen molar-refractivity contribution in [2.24, 2.45) is 0 Å². The fraction of sp³-hybridized carbons (Fsp3) is 0. The first kappa shape index (κ1) is 13.6. The summed E-state index contributed by atoms with van der Waals surface area (Å²) in [6, 6.07) is 13.3. The van der Waals surface area contributed by atoms with Crippen molar-refractivity contribution in [1.29, 1.82) is 5.26 Å². The first-order chi connectivity index (χ1) is 10.8. The molecule has 0 aliphatic carbocycles. The van der Waals surface area contributed by atoms with E-state index in [9.17, 15) is 4.39 Å². The van der Waals surface area contributed by atoms with E-state index in [-0.39, 0.29) is 5.95 Å². The molecule has 0 radical (unpaired) electrons. The summed E-state index contributed by atoms with van der Waals surface area (Å²) in [5, 5.41) is 11.1. The van der Waals surface area contributed by atoms with Gasteiger partial charge in [-0.05, 0) is 30.3 Å². The minimum absolute atomic E-state index is 0.101. The molecular weight excluding hydrogens is 281 g/mol. The summed E-state index contributed by atoms with van der Waals surface area (Å²) in [7, 11) is 0. The second-order valence-electron chi connectivity index (χ2n) is 4.39. The van der Waals surface area contributed by atoms with Crippen LogP contribution in [-0.4, -0.2) is 15.0 Å². The van der Waals surface area contributed by atoms with Gasteiger partial charge in [0.1, 0.15) is 5.82 Å². The number of nitrogens with one attached hydrogen (secondary N) is 1. The zero-order valence-corrected chi connectivity index (χ0v) is 11.4. The Hall–Kier alpha value is -3.33. The van der Waals surface area contributed by atoms with Gasteiger partial charge in [0.2, 0.25) is 5.95 Å². The van der Waals surface area contributed by atoms with Gasteiger partial charge < -0.3 is 0 Å². The van der Waals surface area contributed by atoms with Gasteiger partial charge in [-0.15, -0.1) is 0 Å². The number of nitrogens with zero attached hydrogens (tertiary/aromatic N) is 4. The highest BCUT2D eigenvalue weighted by Crippen LogP contribution is 2.25. The highest BCUT2D eigenvalue weighted by Gasteiger charge is 2.11. The number of halogens is 1. The maximum absolute atomic E-state index is 14.0. The summed E-state index contributed by atoms with van der Waals surface area (Å²) < 4.78 is 14.0. The number of rotatable bonds is 3. The van der Waals surface area contributed by atoms with E-state index in [4.69, 9.17) is 5.26 Å². The molecule has 106 valence electrons. The first-order valence-electron chi connectivity index (χ1n) is 6.48. The van der Waals surface area contributed by atoms with Crippen molar-refractivity contribution in [3.63, 3.8) is 0 Å². The third-order valence-electron chi connectivity index (χ3n) is 2.97. The van der Waals surface area contributed by atoms with Gasteiger partial charge in [0, 0.05) is 11.8 Å². The Balaban J connectivity index is 2.17. The molecule has 1 N–H and O–H groups in total. The lowest BCUT2D eigenvalue weighted by Crippen LogP contribution is -2.00. The molecule has 0 bridgehead atoms. The lowest BCUT2D eigenvalue weighted by atomic mass is 10.1. The molecule has 0 saturated heterocycles. The van der Waals surface area contributed by atoms with Crippen LogP contribution in [0.3, 0.4) is 0 Å². The van der Waals surface area contributed by atoms with Gasteiger partial charge in [-0.25, -0.2) is 14.4 Å². The van der Waals surface area contributed by atoms with Gasteiger partial charge in [-0.2, -0.15) is 5.26 Å². The van der Waals surface area contributed by atoms with Crippen LogP contribution >= 0.6 is 0 Å². The Morgan fingerprint density at radius 2 is 1.73 bits per heavy atom. The van der Waals surface area contributed by atoms with Crippen LogP contribution in [0.4, 0.5) is 10.3 Å². The molecule has 2 aromatic heterocycles. The van der Waals surface area contributed by atoms with Gasteiger partial charge in [0.05, 0.1) is 17.1 Å². The second kappa shape index (κ2) is 5.97. The van der Waals surface area contributed by atoms with Crippen LogP contribution in [0.25, 0.3) is 22.6 Å². The molecule has 0 spiro atoms. The summed E-state index contributed by atoms with van der Waals surface area (Å²) in [6.45, 7) is 0. The number of anilines is 1. The number of hydrogen-bond donors (Lipinski definition) is 1. The van der Waals surface area contributed by atoms with Crippen molar-refractivity contribution in [3.05, 3.63) is 60.5 Å². The zero-order chi connectivity index (χ0) is 15.4. The highest BCUT2D eigenvalue weighted by molar-refractivity contribution is 5.68. The summed E-state index contributed by atoms with van der Waals surface area (Å²) in [4.78, 5) is 12.6. The molecule has 0 unspecified atom stereocenters. The van der Waals surface area contributed by atoms with Crippen LogP contribution in [-0.2, 0) is 0 Å². The molecule has 22 heavy (non-hydrogen) atoms. The second-order valence-corrected chi connectivity index (χ2v) is 4.39. The van der Waals surface area contributed by atoms with E-state index in [0.29, 0.717) is 22.6 Å². The molecule has 2 heterocycles. The van der Waals surface area contributed by atoms with Crippen LogP contribution in [0.15, 0.2) is 54.7 Å². The molecule has 0 aliphatic rings. The molecule has 5 nitrogen and oxygen atoms in total. The molecule has 0 fully saturated rings. The minimum atomic E-state index is -0.393. The number of benzene rings is 1.